The molecule has 3 aromatic rings. The van der Waals surface area contributed by atoms with E-state index in [1.165, 1.54) is 17.0 Å². The summed E-state index contributed by atoms with van der Waals surface area (Å²) in [6.07, 6.45) is 0.164. The molecule has 200 valence electrons. The van der Waals surface area contributed by atoms with Crippen LogP contribution in [0.5, 0.6) is 5.75 Å². The second-order valence-corrected chi connectivity index (χ2v) is 9.95. The fraction of sp³-hybridized carbons (Fsp3) is 0.258. The van der Waals surface area contributed by atoms with Gasteiger partial charge in [0.05, 0.1) is 30.9 Å². The van der Waals surface area contributed by atoms with Gasteiger partial charge >= 0.3 is 5.97 Å². The number of nitrogens with one attached hydrogen (secondary N) is 1. The lowest BCUT2D eigenvalue weighted by Crippen LogP contribution is -2.38. The molecule has 0 bridgehead atoms. The fourth-order valence-electron chi connectivity index (χ4n) is 5.43. The molecular formula is C31H29FN2O5. The minimum absolute atomic E-state index is 0.0910. The number of hydrogen-bond acceptors (Lipinski definition) is 5. The van der Waals surface area contributed by atoms with Gasteiger partial charge in [0.15, 0.2) is 5.78 Å². The van der Waals surface area contributed by atoms with Gasteiger partial charge in [-0.1, -0.05) is 30.3 Å². The van der Waals surface area contributed by atoms with Gasteiger partial charge in [-0.05, 0) is 72.4 Å². The molecule has 0 aromatic heterocycles. The van der Waals surface area contributed by atoms with E-state index in [2.05, 4.69) is 5.32 Å². The van der Waals surface area contributed by atoms with Crippen molar-refractivity contribution in [3.8, 4) is 5.75 Å². The third-order valence-corrected chi connectivity index (χ3v) is 7.33. The van der Waals surface area contributed by atoms with Crippen molar-refractivity contribution in [2.45, 2.75) is 44.6 Å². The van der Waals surface area contributed by atoms with Crippen LogP contribution in [0.25, 0.3) is 0 Å². The third kappa shape index (κ3) is 5.27. The first-order chi connectivity index (χ1) is 18.7. The van der Waals surface area contributed by atoms with E-state index in [4.69, 9.17) is 4.74 Å². The van der Waals surface area contributed by atoms with E-state index >= 15 is 0 Å². The molecule has 0 spiro atoms. The standard InChI is InChI=1S/C31H29FN2O5/c1-18-3-12-24-26(15-18)34(28(36)13-14-29(37)38)31(20-4-8-22(32)9-5-20)30-25(33-24)16-21(17-27(30)35)19-6-10-23(39-2)11-7-19/h3-12,15,21,31,33H,13-14,16-17H2,1-2H3,(H,37,38)/t21-,31+/m0/s1. The largest absolute Gasteiger partial charge is 0.497 e. The average Bonchev–Trinajstić information content (AvgIpc) is 3.06. The maximum Gasteiger partial charge on any atom is 0.303 e. The molecule has 7 nitrogen and oxygen atoms in total. The summed E-state index contributed by atoms with van der Waals surface area (Å²) >= 11 is 0. The van der Waals surface area contributed by atoms with Gasteiger partial charge in [-0.25, -0.2) is 4.39 Å². The zero-order valence-corrected chi connectivity index (χ0v) is 21.7. The number of aliphatic carboxylic acids is 1. The summed E-state index contributed by atoms with van der Waals surface area (Å²) in [4.78, 5) is 40.5. The Morgan fingerprint density at radius 3 is 2.36 bits per heavy atom. The normalized spacial score (nSPS) is 18.5. The molecule has 2 atom stereocenters. The molecule has 0 saturated heterocycles. The van der Waals surface area contributed by atoms with Crippen molar-refractivity contribution in [1.82, 2.24) is 0 Å². The number of aryl methyl sites for hydroxylation is 1. The van der Waals surface area contributed by atoms with E-state index < -0.39 is 23.7 Å². The number of carboxylic acid groups (broad SMARTS) is 1. The quantitative estimate of drug-likeness (QED) is 0.413. The van der Waals surface area contributed by atoms with E-state index in [-0.39, 0.29) is 31.0 Å². The highest BCUT2D eigenvalue weighted by Crippen LogP contribution is 2.48. The molecule has 0 unspecified atom stereocenters. The van der Waals surface area contributed by atoms with Gasteiger partial charge in [0, 0.05) is 24.1 Å². The molecule has 2 N–H and O–H groups in total. The van der Waals surface area contributed by atoms with Crippen LogP contribution in [0.15, 0.2) is 78.0 Å². The van der Waals surface area contributed by atoms with Crippen molar-refractivity contribution in [3.63, 3.8) is 0 Å². The van der Waals surface area contributed by atoms with Crippen molar-refractivity contribution in [2.24, 2.45) is 0 Å². The number of benzene rings is 3. The van der Waals surface area contributed by atoms with Crippen molar-refractivity contribution < 1.29 is 28.6 Å². The lowest BCUT2D eigenvalue weighted by atomic mass is 9.78. The van der Waals surface area contributed by atoms with E-state index in [0.29, 0.717) is 34.6 Å². The number of ether oxygens (including phenoxy) is 1. The van der Waals surface area contributed by atoms with Crippen molar-refractivity contribution in [2.75, 3.05) is 17.3 Å². The maximum atomic E-state index is 14.0. The number of carboxylic acids is 1. The van der Waals surface area contributed by atoms with Gasteiger partial charge < -0.3 is 15.2 Å². The second-order valence-electron chi connectivity index (χ2n) is 9.95. The topological polar surface area (TPSA) is 95.9 Å². The lowest BCUT2D eigenvalue weighted by molar-refractivity contribution is -0.138. The first-order valence-corrected chi connectivity index (χ1v) is 12.8. The summed E-state index contributed by atoms with van der Waals surface area (Å²) < 4.78 is 19.2. The second kappa shape index (κ2) is 10.7. The Balaban J connectivity index is 1.67. The van der Waals surface area contributed by atoms with Crippen LogP contribution >= 0.6 is 0 Å². The van der Waals surface area contributed by atoms with Gasteiger partial charge in [-0.2, -0.15) is 0 Å². The van der Waals surface area contributed by atoms with Gasteiger partial charge in [0.1, 0.15) is 11.6 Å². The minimum atomic E-state index is -1.09. The zero-order valence-electron chi connectivity index (χ0n) is 21.7. The summed E-state index contributed by atoms with van der Waals surface area (Å²) in [6, 6.07) is 18.2. The van der Waals surface area contributed by atoms with E-state index in [1.54, 1.807) is 19.2 Å². The van der Waals surface area contributed by atoms with Crippen LogP contribution in [0, 0.1) is 12.7 Å². The van der Waals surface area contributed by atoms with Gasteiger partial charge in [0.2, 0.25) is 5.91 Å². The Hall–Kier alpha value is -4.46. The predicted octanol–water partition coefficient (Wildman–Crippen LogP) is 5.91. The maximum absolute atomic E-state index is 14.0. The Morgan fingerprint density at radius 1 is 1.00 bits per heavy atom. The molecule has 1 amide bonds. The number of methoxy groups -OCH3 is 1. The summed E-state index contributed by atoms with van der Waals surface area (Å²) in [6.45, 7) is 1.90. The van der Waals surface area contributed by atoms with Crippen LogP contribution < -0.4 is 15.0 Å². The fourth-order valence-corrected chi connectivity index (χ4v) is 5.43. The molecular weight excluding hydrogens is 499 g/mol. The number of hydrogen-bond donors (Lipinski definition) is 2. The van der Waals surface area contributed by atoms with Crippen LogP contribution in [0.3, 0.4) is 0 Å². The van der Waals surface area contributed by atoms with E-state index in [1.807, 2.05) is 49.4 Å². The number of Topliss-reactive ketones (excluding diaryl/α,β-unsaturated/α-hetero) is 1. The number of nitrogens with zero attached hydrogens (tertiary/aromatic N) is 1. The Labute approximate surface area is 225 Å². The summed E-state index contributed by atoms with van der Waals surface area (Å²) in [5.41, 5.74) is 4.78. The SMILES string of the molecule is COc1ccc([C@@H]2CC(=O)C3=C(C2)Nc2ccc(C)cc2N(C(=O)CCC(=O)O)[C@@H]3c2ccc(F)cc2)cc1. The highest BCUT2D eigenvalue weighted by molar-refractivity contribution is 6.06. The number of ketones is 1. The molecule has 1 heterocycles. The van der Waals surface area contributed by atoms with Gasteiger partial charge in [-0.3, -0.25) is 19.3 Å². The molecule has 8 heteroatoms. The lowest BCUT2D eigenvalue weighted by Gasteiger charge is -2.35. The number of fused-ring (bicyclic) bond motifs is 1. The van der Waals surface area contributed by atoms with Crippen molar-refractivity contribution >= 4 is 29.0 Å². The van der Waals surface area contributed by atoms with E-state index in [0.717, 1.165) is 16.9 Å². The summed E-state index contributed by atoms with van der Waals surface area (Å²) in [7, 11) is 1.60. The number of carbonyl (C=O) groups excluding carboxylic acids is 2. The van der Waals surface area contributed by atoms with Crippen molar-refractivity contribution in [3.05, 3.63) is 101 Å². The third-order valence-electron chi connectivity index (χ3n) is 7.33. The molecule has 3 aromatic carbocycles. The number of halogens is 1. The first-order valence-electron chi connectivity index (χ1n) is 12.8. The minimum Gasteiger partial charge on any atom is -0.497 e. The van der Waals surface area contributed by atoms with Crippen LogP contribution in [0.1, 0.15) is 54.3 Å². The molecule has 5 rings (SSSR count). The molecule has 1 aliphatic heterocycles. The number of rotatable bonds is 6. The smallest absolute Gasteiger partial charge is 0.303 e. The van der Waals surface area contributed by atoms with Gasteiger partial charge in [0.25, 0.3) is 0 Å². The average molecular weight is 529 g/mol. The van der Waals surface area contributed by atoms with Crippen LogP contribution in [-0.2, 0) is 14.4 Å². The van der Waals surface area contributed by atoms with Gasteiger partial charge in [-0.15, -0.1) is 0 Å². The van der Waals surface area contributed by atoms with Crippen LogP contribution in [0.4, 0.5) is 15.8 Å². The molecule has 0 fully saturated rings. The molecule has 39 heavy (non-hydrogen) atoms. The summed E-state index contributed by atoms with van der Waals surface area (Å²) in [5.74, 6) is -1.45. The number of amides is 1. The Kier molecular flexibility index (Phi) is 7.19. The Morgan fingerprint density at radius 2 is 1.69 bits per heavy atom. The van der Waals surface area contributed by atoms with E-state index in [9.17, 15) is 23.9 Å². The number of allylic oxidation sites excluding steroid dienone is 1. The molecule has 2 aliphatic rings. The number of carbonyl (C=O) groups is 3. The molecule has 0 saturated carbocycles. The highest BCUT2D eigenvalue weighted by Gasteiger charge is 2.41. The zero-order chi connectivity index (χ0) is 27.7. The Bertz CT molecular complexity index is 1460. The summed E-state index contributed by atoms with van der Waals surface area (Å²) in [5, 5.41) is 12.7. The monoisotopic (exact) mass is 528 g/mol. The highest BCUT2D eigenvalue weighted by atomic mass is 19.1. The molecule has 0 radical (unpaired) electrons. The van der Waals surface area contributed by atoms with Crippen molar-refractivity contribution in [1.29, 1.82) is 0 Å². The van der Waals surface area contributed by atoms with Crippen LogP contribution in [-0.4, -0.2) is 29.9 Å². The van der Waals surface area contributed by atoms with Crippen LogP contribution in [0.2, 0.25) is 0 Å². The predicted molar refractivity (Wildman–Crippen MR) is 145 cm³/mol. The molecule has 1 aliphatic carbocycles. The number of anilines is 2. The first kappa shape index (κ1) is 26.2.